The summed E-state index contributed by atoms with van der Waals surface area (Å²) < 4.78 is 1.72. The van der Waals surface area contributed by atoms with Crippen molar-refractivity contribution in [1.82, 2.24) is 9.88 Å². The SMILES string of the molecule is Cc1cc(=O)n(C)c2c1CNC2.Cl. The number of nitrogens with zero attached hydrogens (tertiary/aromatic N) is 1. The van der Waals surface area contributed by atoms with Crippen LogP contribution in [-0.2, 0) is 20.1 Å². The van der Waals surface area contributed by atoms with Crippen molar-refractivity contribution >= 4 is 12.4 Å². The third-order valence-corrected chi connectivity index (χ3v) is 2.49. The number of rotatable bonds is 0. The molecule has 1 N–H and O–H groups in total. The van der Waals surface area contributed by atoms with Gasteiger partial charge in [-0.05, 0) is 18.1 Å². The van der Waals surface area contributed by atoms with Gasteiger partial charge in [0.05, 0.1) is 0 Å². The second-order valence-corrected chi connectivity index (χ2v) is 3.25. The molecule has 3 nitrogen and oxygen atoms in total. The van der Waals surface area contributed by atoms with Crippen molar-refractivity contribution in [2.45, 2.75) is 20.0 Å². The molecule has 0 atom stereocenters. The average Bonchev–Trinajstić information content (AvgIpc) is 2.48. The predicted molar refractivity (Wildman–Crippen MR) is 54.2 cm³/mol. The summed E-state index contributed by atoms with van der Waals surface area (Å²) in [5.41, 5.74) is 3.63. The maximum atomic E-state index is 11.3. The second kappa shape index (κ2) is 3.52. The lowest BCUT2D eigenvalue weighted by Crippen LogP contribution is -2.20. The van der Waals surface area contributed by atoms with Gasteiger partial charge >= 0.3 is 0 Å². The van der Waals surface area contributed by atoms with Crippen LogP contribution in [0.4, 0.5) is 0 Å². The van der Waals surface area contributed by atoms with Crippen LogP contribution in [-0.4, -0.2) is 4.57 Å². The summed E-state index contributed by atoms with van der Waals surface area (Å²) in [4.78, 5) is 11.3. The van der Waals surface area contributed by atoms with Crippen LogP contribution in [0, 0.1) is 6.92 Å². The Bertz CT molecular complexity index is 384. The van der Waals surface area contributed by atoms with E-state index in [-0.39, 0.29) is 18.0 Å². The van der Waals surface area contributed by atoms with E-state index in [0.717, 1.165) is 24.3 Å². The lowest BCUT2D eigenvalue weighted by Gasteiger charge is -2.07. The summed E-state index contributed by atoms with van der Waals surface area (Å²) in [6.07, 6.45) is 0. The summed E-state index contributed by atoms with van der Waals surface area (Å²) in [5.74, 6) is 0. The van der Waals surface area contributed by atoms with Gasteiger partial charge in [-0.3, -0.25) is 4.79 Å². The highest BCUT2D eigenvalue weighted by atomic mass is 35.5. The van der Waals surface area contributed by atoms with Crippen LogP contribution in [0.15, 0.2) is 10.9 Å². The Balaban J connectivity index is 0.000000845. The van der Waals surface area contributed by atoms with Gasteiger partial charge in [0, 0.05) is 31.9 Å². The molecular formula is C9H13ClN2O. The van der Waals surface area contributed by atoms with Crippen LogP contribution in [0.3, 0.4) is 0 Å². The molecule has 0 radical (unpaired) electrons. The van der Waals surface area contributed by atoms with Crippen LogP contribution >= 0.6 is 12.4 Å². The molecule has 1 aromatic heterocycles. The van der Waals surface area contributed by atoms with Gasteiger partial charge in [0.15, 0.2) is 0 Å². The van der Waals surface area contributed by atoms with Crippen LogP contribution in [0.5, 0.6) is 0 Å². The van der Waals surface area contributed by atoms with E-state index >= 15 is 0 Å². The average molecular weight is 201 g/mol. The fourth-order valence-corrected chi connectivity index (χ4v) is 1.70. The van der Waals surface area contributed by atoms with E-state index in [9.17, 15) is 4.79 Å². The van der Waals surface area contributed by atoms with Crippen LogP contribution in [0.25, 0.3) is 0 Å². The van der Waals surface area contributed by atoms with Gasteiger partial charge in [-0.25, -0.2) is 0 Å². The number of aromatic nitrogens is 1. The summed E-state index contributed by atoms with van der Waals surface area (Å²) in [5, 5.41) is 3.24. The minimum absolute atomic E-state index is 0. The first-order chi connectivity index (χ1) is 5.70. The quantitative estimate of drug-likeness (QED) is 0.670. The summed E-state index contributed by atoms with van der Waals surface area (Å²) in [6, 6.07) is 1.70. The molecule has 0 amide bonds. The smallest absolute Gasteiger partial charge is 0.250 e. The monoisotopic (exact) mass is 200 g/mol. The summed E-state index contributed by atoms with van der Waals surface area (Å²) >= 11 is 0. The standard InChI is InChI=1S/C9H12N2O.ClH/c1-6-3-9(12)11(2)8-5-10-4-7(6)8;/h3,10H,4-5H2,1-2H3;1H. The summed E-state index contributed by atoms with van der Waals surface area (Å²) in [7, 11) is 1.83. The molecule has 0 saturated carbocycles. The summed E-state index contributed by atoms with van der Waals surface area (Å²) in [6.45, 7) is 3.71. The third-order valence-electron chi connectivity index (χ3n) is 2.49. The van der Waals surface area contributed by atoms with Gasteiger partial charge in [-0.1, -0.05) is 0 Å². The highest BCUT2D eigenvalue weighted by Gasteiger charge is 2.15. The van der Waals surface area contributed by atoms with Crippen LogP contribution in [0.1, 0.15) is 16.8 Å². The van der Waals surface area contributed by atoms with Crippen molar-refractivity contribution in [2.24, 2.45) is 7.05 Å². The van der Waals surface area contributed by atoms with Gasteiger partial charge in [-0.2, -0.15) is 0 Å². The molecule has 4 heteroatoms. The second-order valence-electron chi connectivity index (χ2n) is 3.25. The van der Waals surface area contributed by atoms with E-state index in [1.807, 2.05) is 14.0 Å². The molecule has 2 rings (SSSR count). The number of pyridine rings is 1. The Kier molecular flexibility index (Phi) is 2.78. The Morgan fingerprint density at radius 2 is 2.15 bits per heavy atom. The number of hydrogen-bond donors (Lipinski definition) is 1. The molecule has 0 unspecified atom stereocenters. The highest BCUT2D eigenvalue weighted by Crippen LogP contribution is 2.15. The predicted octanol–water partition coefficient (Wildman–Crippen LogP) is 0.719. The molecule has 1 aliphatic rings. The molecule has 72 valence electrons. The molecule has 0 fully saturated rings. The topological polar surface area (TPSA) is 34.0 Å². The van der Waals surface area contributed by atoms with Crippen molar-refractivity contribution < 1.29 is 0 Å². The Labute approximate surface area is 83.2 Å². The van der Waals surface area contributed by atoms with E-state index in [0.29, 0.717) is 0 Å². The first-order valence-corrected chi connectivity index (χ1v) is 4.09. The van der Waals surface area contributed by atoms with Crippen molar-refractivity contribution in [3.8, 4) is 0 Å². The zero-order valence-corrected chi connectivity index (χ0v) is 8.57. The molecular weight excluding hydrogens is 188 g/mol. The van der Waals surface area contributed by atoms with Crippen molar-refractivity contribution in [3.63, 3.8) is 0 Å². The molecule has 0 bridgehead atoms. The van der Waals surface area contributed by atoms with Gasteiger partial charge in [-0.15, -0.1) is 12.4 Å². The van der Waals surface area contributed by atoms with E-state index in [4.69, 9.17) is 0 Å². The molecule has 1 aromatic rings. The lowest BCUT2D eigenvalue weighted by molar-refractivity contribution is 0.720. The molecule has 0 spiro atoms. The van der Waals surface area contributed by atoms with Crippen LogP contribution < -0.4 is 10.9 Å². The van der Waals surface area contributed by atoms with Crippen molar-refractivity contribution in [2.75, 3.05) is 0 Å². The maximum Gasteiger partial charge on any atom is 0.250 e. The minimum atomic E-state index is 0. The van der Waals surface area contributed by atoms with E-state index in [1.165, 1.54) is 5.56 Å². The molecule has 0 aromatic carbocycles. The molecule has 1 aliphatic heterocycles. The maximum absolute atomic E-state index is 11.3. The Hall–Kier alpha value is -0.800. The number of hydrogen-bond acceptors (Lipinski definition) is 2. The van der Waals surface area contributed by atoms with E-state index in [1.54, 1.807) is 10.6 Å². The first kappa shape index (κ1) is 10.3. The molecule has 0 saturated heterocycles. The largest absolute Gasteiger partial charge is 0.314 e. The molecule has 0 aliphatic carbocycles. The Morgan fingerprint density at radius 1 is 1.46 bits per heavy atom. The van der Waals surface area contributed by atoms with Crippen molar-refractivity contribution in [3.05, 3.63) is 33.2 Å². The third kappa shape index (κ3) is 1.49. The first-order valence-electron chi connectivity index (χ1n) is 4.09. The van der Waals surface area contributed by atoms with Gasteiger partial charge < -0.3 is 9.88 Å². The lowest BCUT2D eigenvalue weighted by atomic mass is 10.1. The van der Waals surface area contributed by atoms with Gasteiger partial charge in [0.1, 0.15) is 0 Å². The molecule has 13 heavy (non-hydrogen) atoms. The van der Waals surface area contributed by atoms with Crippen molar-refractivity contribution in [1.29, 1.82) is 0 Å². The fourth-order valence-electron chi connectivity index (χ4n) is 1.70. The zero-order chi connectivity index (χ0) is 8.72. The van der Waals surface area contributed by atoms with E-state index in [2.05, 4.69) is 5.32 Å². The number of fused-ring (bicyclic) bond motifs is 1. The fraction of sp³-hybridized carbons (Fsp3) is 0.444. The molecule has 2 heterocycles. The zero-order valence-electron chi connectivity index (χ0n) is 7.76. The number of halogens is 1. The highest BCUT2D eigenvalue weighted by molar-refractivity contribution is 5.85. The Morgan fingerprint density at radius 3 is 2.85 bits per heavy atom. The normalized spacial score (nSPS) is 13.7. The van der Waals surface area contributed by atoms with Gasteiger partial charge in [0.25, 0.3) is 5.56 Å². The minimum Gasteiger partial charge on any atom is -0.314 e. The van der Waals surface area contributed by atoms with Gasteiger partial charge in [0.2, 0.25) is 0 Å². The van der Waals surface area contributed by atoms with E-state index < -0.39 is 0 Å². The number of aryl methyl sites for hydroxylation is 1. The number of nitrogens with one attached hydrogen (secondary N) is 1. The van der Waals surface area contributed by atoms with Crippen LogP contribution in [0.2, 0.25) is 0 Å².